The number of hydrogen-bond donors (Lipinski definition) is 0. The van der Waals surface area contributed by atoms with Crippen LogP contribution in [0.4, 0.5) is 0 Å². The molecule has 0 amide bonds. The van der Waals surface area contributed by atoms with Crippen LogP contribution < -0.4 is 19.3 Å². The molecule has 0 aliphatic carbocycles. The second-order valence-corrected chi connectivity index (χ2v) is 7.32. The lowest BCUT2D eigenvalue weighted by atomic mass is 10.2. The fraction of sp³-hybridized carbons (Fsp3) is 0.455. The number of rotatable bonds is 10. The van der Waals surface area contributed by atoms with Gasteiger partial charge in [-0.2, -0.15) is 0 Å². The van der Waals surface area contributed by atoms with E-state index in [4.69, 9.17) is 0 Å². The normalized spacial score (nSPS) is 11.2. The van der Waals surface area contributed by atoms with E-state index < -0.39 is 0 Å². The first-order valence-electron chi connectivity index (χ1n) is 10.3. The highest BCUT2D eigenvalue weighted by Gasteiger charge is 2.12. The van der Waals surface area contributed by atoms with Crippen LogP contribution >= 0.6 is 0 Å². The fourth-order valence-electron chi connectivity index (χ4n) is 3.37. The third-order valence-corrected chi connectivity index (χ3v) is 5.02. The second kappa shape index (κ2) is 9.44. The Hall–Kier alpha value is -2.76. The molecule has 0 bridgehead atoms. The molecule has 0 radical (unpaired) electrons. The third-order valence-electron chi connectivity index (χ3n) is 5.02. The summed E-state index contributed by atoms with van der Waals surface area (Å²) in [6.07, 6.45) is 18.2. The molecular formula is C22H30N4O2. The molecule has 150 valence electrons. The van der Waals surface area contributed by atoms with Crippen LogP contribution in [-0.2, 0) is 13.1 Å². The molecule has 1 aromatic carbocycles. The summed E-state index contributed by atoms with van der Waals surface area (Å²) in [6, 6.07) is 2.88. The summed E-state index contributed by atoms with van der Waals surface area (Å²) in [5, 5.41) is 25.3. The van der Waals surface area contributed by atoms with Gasteiger partial charge < -0.3 is 10.2 Å². The number of aromatic nitrogens is 4. The number of nitrogens with zero attached hydrogens (tertiary/aromatic N) is 4. The summed E-state index contributed by atoms with van der Waals surface area (Å²) in [6.45, 7) is 6.18. The molecule has 6 heteroatoms. The van der Waals surface area contributed by atoms with Crippen LogP contribution in [0, 0.1) is 0 Å². The Bertz CT molecular complexity index is 824. The molecule has 0 aliphatic heterocycles. The minimum absolute atomic E-state index is 0.155. The first kappa shape index (κ1) is 20.0. The molecule has 0 aliphatic rings. The number of hydrogen-bond acceptors (Lipinski definition) is 2. The molecule has 0 saturated heterocycles. The van der Waals surface area contributed by atoms with Gasteiger partial charge in [0.2, 0.25) is 12.7 Å². The van der Waals surface area contributed by atoms with Gasteiger partial charge in [-0.15, -0.1) is 0 Å². The van der Waals surface area contributed by atoms with Crippen molar-refractivity contribution in [3.8, 4) is 22.9 Å². The van der Waals surface area contributed by atoms with Crippen LogP contribution in [0.2, 0.25) is 0 Å². The van der Waals surface area contributed by atoms with Gasteiger partial charge in [-0.3, -0.25) is 0 Å². The van der Waals surface area contributed by atoms with Crippen molar-refractivity contribution in [1.29, 1.82) is 0 Å². The molecule has 2 aromatic heterocycles. The van der Waals surface area contributed by atoms with Crippen molar-refractivity contribution >= 4 is 0 Å². The van der Waals surface area contributed by atoms with Crippen molar-refractivity contribution in [2.45, 2.75) is 65.5 Å². The second-order valence-electron chi connectivity index (χ2n) is 7.32. The molecule has 0 atom stereocenters. The van der Waals surface area contributed by atoms with E-state index in [0.29, 0.717) is 11.4 Å². The lowest BCUT2D eigenvalue weighted by Crippen LogP contribution is -2.30. The Labute approximate surface area is 166 Å². The Morgan fingerprint density at radius 3 is 1.54 bits per heavy atom. The molecule has 0 N–H and O–H groups in total. The average Bonchev–Trinajstić information content (AvgIpc) is 3.33. The predicted molar refractivity (Wildman–Crippen MR) is 103 cm³/mol. The Morgan fingerprint density at radius 2 is 1.14 bits per heavy atom. The fourth-order valence-corrected chi connectivity index (χ4v) is 3.37. The molecule has 0 fully saturated rings. The molecular weight excluding hydrogens is 352 g/mol. The smallest absolute Gasteiger partial charge is 0.248 e. The number of unbranched alkanes of at least 4 members (excludes halogenated alkanes) is 4. The standard InChI is InChI=1S/C22H30N4O2/c1-3-5-7-9-23-11-13-25(17-23)19-15-22(28)20(16-21(19)27)26-14-12-24(18-26)10-8-6-4-2/h11-18H,3-10H2,1-2H3. The summed E-state index contributed by atoms with van der Waals surface area (Å²) < 4.78 is 7.58. The monoisotopic (exact) mass is 382 g/mol. The summed E-state index contributed by atoms with van der Waals surface area (Å²) in [5.74, 6) is -0.311. The first-order valence-corrected chi connectivity index (χ1v) is 10.3. The van der Waals surface area contributed by atoms with E-state index in [0.717, 1.165) is 25.9 Å². The predicted octanol–water partition coefficient (Wildman–Crippen LogP) is 2.37. The molecule has 0 unspecified atom stereocenters. The highest BCUT2D eigenvalue weighted by Crippen LogP contribution is 2.28. The summed E-state index contributed by atoms with van der Waals surface area (Å²) in [5.41, 5.74) is 0.789. The van der Waals surface area contributed by atoms with Crippen molar-refractivity contribution in [2.75, 3.05) is 0 Å². The Balaban J connectivity index is 1.78. The van der Waals surface area contributed by atoms with Crippen LogP contribution in [-0.4, -0.2) is 9.13 Å². The Morgan fingerprint density at radius 1 is 0.714 bits per heavy atom. The van der Waals surface area contributed by atoms with Crippen LogP contribution in [0.5, 0.6) is 11.5 Å². The topological polar surface area (TPSA) is 63.7 Å². The molecule has 28 heavy (non-hydrogen) atoms. The molecule has 2 heterocycles. The zero-order valence-electron chi connectivity index (χ0n) is 16.9. The van der Waals surface area contributed by atoms with Gasteiger partial charge in [0.25, 0.3) is 0 Å². The van der Waals surface area contributed by atoms with Crippen LogP contribution in [0.15, 0.2) is 49.6 Å². The van der Waals surface area contributed by atoms with Crippen molar-refractivity contribution in [2.24, 2.45) is 0 Å². The lowest BCUT2D eigenvalue weighted by molar-refractivity contribution is -0.696. The van der Waals surface area contributed by atoms with Gasteiger partial charge in [-0.25, -0.2) is 18.3 Å². The molecule has 3 rings (SSSR count). The molecule has 0 saturated carbocycles. The van der Waals surface area contributed by atoms with Gasteiger partial charge in [0.1, 0.15) is 36.2 Å². The SMILES string of the molecule is CCCCC[n+]1ccn(-c2cc([O-])c(-n3cc[n+](CCCCC)c3)cc2[O-])c1. The van der Waals surface area contributed by atoms with E-state index in [9.17, 15) is 10.2 Å². The van der Waals surface area contributed by atoms with Crippen molar-refractivity contribution < 1.29 is 19.3 Å². The minimum Gasteiger partial charge on any atom is -0.869 e. The maximum absolute atomic E-state index is 12.7. The highest BCUT2D eigenvalue weighted by atomic mass is 16.3. The van der Waals surface area contributed by atoms with Gasteiger partial charge in [0, 0.05) is 0 Å². The van der Waals surface area contributed by atoms with Crippen LogP contribution in [0.25, 0.3) is 11.4 Å². The van der Waals surface area contributed by atoms with Gasteiger partial charge in [0.15, 0.2) is 0 Å². The largest absolute Gasteiger partial charge is 0.869 e. The van der Waals surface area contributed by atoms with E-state index in [1.807, 2.05) is 37.4 Å². The number of benzene rings is 1. The number of imidazole rings is 2. The van der Waals surface area contributed by atoms with Gasteiger partial charge in [-0.1, -0.05) is 38.2 Å². The first-order chi connectivity index (χ1) is 13.6. The molecule has 0 spiro atoms. The van der Waals surface area contributed by atoms with E-state index >= 15 is 0 Å². The van der Waals surface area contributed by atoms with Gasteiger partial charge in [-0.05, 0) is 37.8 Å². The minimum atomic E-state index is -0.155. The lowest BCUT2D eigenvalue weighted by Gasteiger charge is -2.17. The third kappa shape index (κ3) is 4.74. The van der Waals surface area contributed by atoms with Gasteiger partial charge in [0.05, 0.1) is 13.1 Å². The number of aryl methyl sites for hydroxylation is 2. The average molecular weight is 383 g/mol. The summed E-state index contributed by atoms with van der Waals surface area (Å²) in [4.78, 5) is 0. The maximum Gasteiger partial charge on any atom is 0.248 e. The molecule has 3 aromatic rings. The van der Waals surface area contributed by atoms with Crippen LogP contribution in [0.3, 0.4) is 0 Å². The zero-order valence-corrected chi connectivity index (χ0v) is 16.9. The highest BCUT2D eigenvalue weighted by molar-refractivity contribution is 5.58. The quantitative estimate of drug-likeness (QED) is 0.399. The summed E-state index contributed by atoms with van der Waals surface area (Å²) in [7, 11) is 0. The van der Waals surface area contributed by atoms with Crippen molar-refractivity contribution in [3.63, 3.8) is 0 Å². The van der Waals surface area contributed by atoms with E-state index in [2.05, 4.69) is 23.0 Å². The van der Waals surface area contributed by atoms with Crippen molar-refractivity contribution in [3.05, 3.63) is 49.6 Å². The van der Waals surface area contributed by atoms with Crippen LogP contribution in [0.1, 0.15) is 52.4 Å². The van der Waals surface area contributed by atoms with Crippen molar-refractivity contribution in [1.82, 2.24) is 9.13 Å². The zero-order chi connectivity index (χ0) is 19.9. The van der Waals surface area contributed by atoms with E-state index in [1.54, 1.807) is 9.13 Å². The maximum atomic E-state index is 12.7. The molecule has 6 nitrogen and oxygen atoms in total. The summed E-state index contributed by atoms with van der Waals surface area (Å²) >= 11 is 0. The van der Waals surface area contributed by atoms with Gasteiger partial charge >= 0.3 is 0 Å². The Kier molecular flexibility index (Phi) is 6.74. The van der Waals surface area contributed by atoms with E-state index in [-0.39, 0.29) is 11.5 Å². The van der Waals surface area contributed by atoms with E-state index in [1.165, 1.54) is 37.8 Å².